The van der Waals surface area contributed by atoms with E-state index < -0.39 is 28.5 Å². The molecule has 2 aliphatic rings. The van der Waals surface area contributed by atoms with Gasteiger partial charge in [-0.2, -0.15) is 0 Å². The predicted molar refractivity (Wildman–Crippen MR) is 148 cm³/mol. The van der Waals surface area contributed by atoms with Crippen LogP contribution in [0.5, 0.6) is 0 Å². The van der Waals surface area contributed by atoms with Crippen LogP contribution in [-0.2, 0) is 0 Å². The van der Waals surface area contributed by atoms with Gasteiger partial charge in [-0.25, -0.2) is 0 Å². The lowest BCUT2D eigenvalue weighted by molar-refractivity contribution is 0.424. The van der Waals surface area contributed by atoms with Crippen LogP contribution < -0.4 is 21.9 Å². The van der Waals surface area contributed by atoms with Crippen molar-refractivity contribution in [3.05, 3.63) is 95.1 Å². The van der Waals surface area contributed by atoms with E-state index in [9.17, 15) is 40.2 Å². The Morgan fingerprint density at radius 2 is 0.500 bits per heavy atom. The standard InChI is InChI=1S/C26H20B4O8/c31-27(32)13-1-5-17-18-6-2-14(28(33)34)10-22(18)25(21(17)9-13)26-23-11-15(29(35)36)3-7-19(23)20-8-4-16(30(37)38)12-24(20)26/h1-12,31-38H. The lowest BCUT2D eigenvalue weighted by atomic mass is 9.76. The van der Waals surface area contributed by atoms with Crippen LogP contribution in [0.3, 0.4) is 0 Å². The normalized spacial score (nSPS) is 12.6. The Labute approximate surface area is 219 Å². The Balaban J connectivity index is 1.77. The first-order chi connectivity index (χ1) is 18.2. The fraction of sp³-hybridized carbons (Fsp3) is 0. The summed E-state index contributed by atoms with van der Waals surface area (Å²) in [6, 6.07) is 20.1. The third-order valence-electron chi connectivity index (χ3n) is 7.27. The van der Waals surface area contributed by atoms with Crippen molar-refractivity contribution in [1.29, 1.82) is 0 Å². The molecule has 0 aromatic heterocycles. The summed E-state index contributed by atoms with van der Waals surface area (Å²) in [6.45, 7) is 0. The van der Waals surface area contributed by atoms with Crippen molar-refractivity contribution in [2.75, 3.05) is 0 Å². The van der Waals surface area contributed by atoms with Crippen molar-refractivity contribution in [1.82, 2.24) is 0 Å². The van der Waals surface area contributed by atoms with E-state index in [1.165, 1.54) is 0 Å². The highest BCUT2D eigenvalue weighted by Gasteiger charge is 2.35. The maximum absolute atomic E-state index is 9.91. The van der Waals surface area contributed by atoms with Gasteiger partial charge < -0.3 is 40.2 Å². The van der Waals surface area contributed by atoms with E-state index in [1.54, 1.807) is 72.8 Å². The predicted octanol–water partition coefficient (Wildman–Crippen LogP) is -2.63. The number of rotatable bonds is 4. The molecule has 0 spiro atoms. The minimum Gasteiger partial charge on any atom is -0.423 e. The van der Waals surface area contributed by atoms with Crippen LogP contribution in [0, 0.1) is 0 Å². The van der Waals surface area contributed by atoms with Gasteiger partial charge in [0, 0.05) is 0 Å². The van der Waals surface area contributed by atoms with Gasteiger partial charge in [-0.3, -0.25) is 0 Å². The highest BCUT2D eigenvalue weighted by Crippen LogP contribution is 2.53. The molecule has 6 rings (SSSR count). The molecule has 0 fully saturated rings. The summed E-state index contributed by atoms with van der Waals surface area (Å²) in [5, 5.41) is 79.3. The molecular weight excluding hydrogens is 484 g/mol. The first-order valence-corrected chi connectivity index (χ1v) is 11.9. The van der Waals surface area contributed by atoms with Crippen molar-refractivity contribution in [2.45, 2.75) is 0 Å². The van der Waals surface area contributed by atoms with Crippen molar-refractivity contribution in [2.24, 2.45) is 0 Å². The lowest BCUT2D eigenvalue weighted by Crippen LogP contribution is -2.30. The topological polar surface area (TPSA) is 162 Å². The van der Waals surface area contributed by atoms with E-state index in [0.717, 1.165) is 22.3 Å². The molecule has 0 saturated carbocycles. The molecule has 38 heavy (non-hydrogen) atoms. The molecule has 12 heteroatoms. The van der Waals surface area contributed by atoms with Gasteiger partial charge in [0.05, 0.1) is 0 Å². The number of hydrogen-bond acceptors (Lipinski definition) is 8. The molecule has 8 nitrogen and oxygen atoms in total. The summed E-state index contributed by atoms with van der Waals surface area (Å²) >= 11 is 0. The zero-order valence-corrected chi connectivity index (χ0v) is 19.8. The molecule has 2 aliphatic carbocycles. The first kappa shape index (κ1) is 24.9. The Morgan fingerprint density at radius 3 is 0.684 bits per heavy atom. The van der Waals surface area contributed by atoms with Gasteiger partial charge in [0.1, 0.15) is 0 Å². The number of benzene rings is 4. The molecule has 0 heterocycles. The van der Waals surface area contributed by atoms with Crippen LogP contribution in [0.2, 0.25) is 0 Å². The second kappa shape index (κ2) is 9.09. The summed E-state index contributed by atoms with van der Waals surface area (Å²) in [6.07, 6.45) is 0. The van der Waals surface area contributed by atoms with Crippen molar-refractivity contribution in [3.63, 3.8) is 0 Å². The van der Waals surface area contributed by atoms with Gasteiger partial charge in [0.2, 0.25) is 0 Å². The van der Waals surface area contributed by atoms with Gasteiger partial charge >= 0.3 is 28.5 Å². The minimum absolute atomic E-state index is 0.259. The number of fused-ring (bicyclic) bond motifs is 6. The Morgan fingerprint density at radius 1 is 0.289 bits per heavy atom. The van der Waals surface area contributed by atoms with Crippen LogP contribution in [-0.4, -0.2) is 68.7 Å². The quantitative estimate of drug-likeness (QED) is 0.121. The monoisotopic (exact) mass is 504 g/mol. The summed E-state index contributed by atoms with van der Waals surface area (Å²) in [4.78, 5) is 0. The zero-order valence-electron chi connectivity index (χ0n) is 19.8. The molecule has 184 valence electrons. The third kappa shape index (κ3) is 3.79. The van der Waals surface area contributed by atoms with Gasteiger partial charge in [-0.05, 0) is 77.5 Å². The van der Waals surface area contributed by atoms with Gasteiger partial charge in [0.15, 0.2) is 0 Å². The maximum Gasteiger partial charge on any atom is 0.488 e. The van der Waals surface area contributed by atoms with Crippen LogP contribution in [0.25, 0.3) is 33.4 Å². The molecule has 0 unspecified atom stereocenters. The SMILES string of the molecule is OB(O)c1ccc2c(c1)C(=C1c3cc(B(O)O)ccc3-c3ccc(B(O)O)cc31)c1cc(B(O)O)ccc1-2. The van der Waals surface area contributed by atoms with Crippen molar-refractivity contribution >= 4 is 61.5 Å². The summed E-state index contributed by atoms with van der Waals surface area (Å²) in [7, 11) is -6.89. The lowest BCUT2D eigenvalue weighted by Gasteiger charge is -2.14. The van der Waals surface area contributed by atoms with Crippen molar-refractivity contribution < 1.29 is 40.2 Å². The zero-order chi connectivity index (χ0) is 26.9. The Hall–Kier alpha value is -3.44. The molecule has 0 saturated heterocycles. The first-order valence-electron chi connectivity index (χ1n) is 11.9. The van der Waals surface area contributed by atoms with E-state index in [-0.39, 0.29) is 21.9 Å². The van der Waals surface area contributed by atoms with E-state index in [1.807, 2.05) is 0 Å². The highest BCUT2D eigenvalue weighted by molar-refractivity contribution is 6.60. The van der Waals surface area contributed by atoms with E-state index >= 15 is 0 Å². The van der Waals surface area contributed by atoms with Crippen LogP contribution >= 0.6 is 0 Å². The third-order valence-corrected chi connectivity index (χ3v) is 7.27. The summed E-state index contributed by atoms with van der Waals surface area (Å²) < 4.78 is 0. The second-order valence-corrected chi connectivity index (χ2v) is 9.46. The van der Waals surface area contributed by atoms with Crippen LogP contribution in [0.15, 0.2) is 72.8 Å². The fourth-order valence-electron chi connectivity index (χ4n) is 5.49. The molecule has 0 radical (unpaired) electrons. The van der Waals surface area contributed by atoms with E-state index in [0.29, 0.717) is 33.4 Å². The second-order valence-electron chi connectivity index (χ2n) is 9.46. The molecule has 4 aromatic carbocycles. The summed E-state index contributed by atoms with van der Waals surface area (Å²) in [5.41, 5.74) is 8.13. The Bertz CT molecular complexity index is 1410. The maximum atomic E-state index is 9.91. The highest BCUT2D eigenvalue weighted by atomic mass is 16.4. The van der Waals surface area contributed by atoms with Gasteiger partial charge in [-0.1, -0.05) is 72.8 Å². The van der Waals surface area contributed by atoms with Gasteiger partial charge in [-0.15, -0.1) is 0 Å². The van der Waals surface area contributed by atoms with Gasteiger partial charge in [0.25, 0.3) is 0 Å². The molecular formula is C26H20B4O8. The Kier molecular flexibility index (Phi) is 5.95. The average molecular weight is 504 g/mol. The van der Waals surface area contributed by atoms with E-state index in [4.69, 9.17) is 0 Å². The van der Waals surface area contributed by atoms with E-state index in [2.05, 4.69) is 0 Å². The molecule has 0 amide bonds. The summed E-state index contributed by atoms with van der Waals surface area (Å²) in [5.74, 6) is 0. The largest absolute Gasteiger partial charge is 0.488 e. The molecule has 0 bridgehead atoms. The molecule has 0 atom stereocenters. The smallest absolute Gasteiger partial charge is 0.423 e. The minimum atomic E-state index is -1.72. The number of hydrogen-bond donors (Lipinski definition) is 8. The van der Waals surface area contributed by atoms with Crippen LogP contribution in [0.1, 0.15) is 22.3 Å². The average Bonchev–Trinajstić information content (AvgIpc) is 3.38. The van der Waals surface area contributed by atoms with Crippen LogP contribution in [0.4, 0.5) is 0 Å². The molecule has 8 N–H and O–H groups in total. The molecule has 0 aliphatic heterocycles. The fourth-order valence-corrected chi connectivity index (χ4v) is 5.49. The molecule has 4 aromatic rings. The van der Waals surface area contributed by atoms with Crippen molar-refractivity contribution in [3.8, 4) is 22.3 Å².